The van der Waals surface area contributed by atoms with Crippen molar-refractivity contribution in [2.24, 2.45) is 0 Å². The smallest absolute Gasteiger partial charge is 0.338 e. The molecule has 0 aliphatic carbocycles. The molecule has 2 aromatic carbocycles. The number of carbonyl (C=O) groups is 3. The molecule has 156 valence electrons. The average Bonchev–Trinajstić information content (AvgIpc) is 2.72. The van der Waals surface area contributed by atoms with Gasteiger partial charge in [-0.15, -0.1) is 0 Å². The Morgan fingerprint density at radius 1 is 1.03 bits per heavy atom. The van der Waals surface area contributed by atoms with Crippen LogP contribution in [0.15, 0.2) is 59.8 Å². The number of rotatable bonds is 6. The molecule has 2 amide bonds. The van der Waals surface area contributed by atoms with Gasteiger partial charge in [-0.2, -0.15) is 0 Å². The van der Waals surface area contributed by atoms with E-state index in [1.807, 2.05) is 0 Å². The third-order valence-corrected chi connectivity index (χ3v) is 4.53. The van der Waals surface area contributed by atoms with Crippen molar-refractivity contribution in [3.8, 4) is 0 Å². The van der Waals surface area contributed by atoms with Gasteiger partial charge in [-0.05, 0) is 48.9 Å². The fraction of sp³-hybridized carbons (Fsp3) is 0.190. The molecule has 0 saturated carbocycles. The molecule has 0 aromatic heterocycles. The zero-order valence-corrected chi connectivity index (χ0v) is 16.7. The molecule has 7 nitrogen and oxygen atoms in total. The minimum Gasteiger partial charge on any atom is -0.463 e. The number of benzene rings is 2. The van der Waals surface area contributed by atoms with Crippen molar-refractivity contribution in [3.63, 3.8) is 0 Å². The Morgan fingerprint density at radius 3 is 2.33 bits per heavy atom. The summed E-state index contributed by atoms with van der Waals surface area (Å²) in [4.78, 5) is 37.1. The van der Waals surface area contributed by atoms with Crippen LogP contribution in [0.1, 0.15) is 28.9 Å². The fourth-order valence-electron chi connectivity index (χ4n) is 2.89. The molecule has 1 aliphatic heterocycles. The topological polar surface area (TPSA) is 93.7 Å². The van der Waals surface area contributed by atoms with Crippen molar-refractivity contribution in [2.75, 3.05) is 13.2 Å². The molecule has 1 heterocycles. The molecule has 0 spiro atoms. The zero-order valence-electron chi connectivity index (χ0n) is 15.9. The lowest BCUT2D eigenvalue weighted by molar-refractivity contribution is -0.139. The zero-order chi connectivity index (χ0) is 21.7. The van der Waals surface area contributed by atoms with E-state index in [1.54, 1.807) is 31.2 Å². The van der Waals surface area contributed by atoms with Gasteiger partial charge in [0.1, 0.15) is 12.4 Å². The van der Waals surface area contributed by atoms with E-state index in [-0.39, 0.29) is 30.0 Å². The monoisotopic (exact) mass is 432 g/mol. The van der Waals surface area contributed by atoms with E-state index < -0.39 is 29.8 Å². The molecule has 9 heteroatoms. The highest BCUT2D eigenvalue weighted by Gasteiger charge is 2.34. The van der Waals surface area contributed by atoms with Crippen molar-refractivity contribution < 1.29 is 28.2 Å². The number of urea groups is 1. The van der Waals surface area contributed by atoms with Crippen molar-refractivity contribution >= 4 is 29.6 Å². The summed E-state index contributed by atoms with van der Waals surface area (Å²) in [5.41, 5.74) is 0.919. The van der Waals surface area contributed by atoms with Gasteiger partial charge in [0.15, 0.2) is 0 Å². The Hall–Kier alpha value is -3.39. The van der Waals surface area contributed by atoms with Gasteiger partial charge in [-0.1, -0.05) is 23.7 Å². The van der Waals surface area contributed by atoms with E-state index in [2.05, 4.69) is 10.6 Å². The molecule has 2 N–H and O–H groups in total. The van der Waals surface area contributed by atoms with E-state index in [9.17, 15) is 18.8 Å². The van der Waals surface area contributed by atoms with Gasteiger partial charge in [0.05, 0.1) is 29.5 Å². The third kappa shape index (κ3) is 4.96. The first-order chi connectivity index (χ1) is 14.4. The van der Waals surface area contributed by atoms with Crippen LogP contribution >= 0.6 is 11.6 Å². The van der Waals surface area contributed by atoms with Gasteiger partial charge in [0.25, 0.3) is 0 Å². The van der Waals surface area contributed by atoms with E-state index in [0.29, 0.717) is 10.6 Å². The number of hydrogen-bond acceptors (Lipinski definition) is 5. The SMILES string of the molecule is CCOC(=O)C1=C(COC(=O)c2ccc(F)cc2)NC(=O)NC1c1ccc(Cl)cc1. The second-order valence-corrected chi connectivity index (χ2v) is 6.72. The van der Waals surface area contributed by atoms with Crippen LogP contribution in [-0.4, -0.2) is 31.2 Å². The molecule has 1 aliphatic rings. The Kier molecular flexibility index (Phi) is 6.68. The lowest BCUT2D eigenvalue weighted by Gasteiger charge is -2.29. The lowest BCUT2D eigenvalue weighted by atomic mass is 9.95. The minimum absolute atomic E-state index is 0.0904. The summed E-state index contributed by atoms with van der Waals surface area (Å²) in [5.74, 6) is -1.89. The highest BCUT2D eigenvalue weighted by molar-refractivity contribution is 6.30. The number of halogens is 2. The number of esters is 2. The van der Waals surface area contributed by atoms with Crippen LogP contribution in [0.4, 0.5) is 9.18 Å². The molecule has 0 bridgehead atoms. The van der Waals surface area contributed by atoms with Crippen molar-refractivity contribution in [1.82, 2.24) is 10.6 Å². The predicted molar refractivity (Wildman–Crippen MR) is 106 cm³/mol. The third-order valence-electron chi connectivity index (χ3n) is 4.28. The number of carbonyl (C=O) groups excluding carboxylic acids is 3. The van der Waals surface area contributed by atoms with Gasteiger partial charge in [-0.3, -0.25) is 0 Å². The average molecular weight is 433 g/mol. The highest BCUT2D eigenvalue weighted by atomic mass is 35.5. The molecule has 1 atom stereocenters. The maximum atomic E-state index is 13.0. The lowest BCUT2D eigenvalue weighted by Crippen LogP contribution is -2.47. The fourth-order valence-corrected chi connectivity index (χ4v) is 3.02. The van der Waals surface area contributed by atoms with Crippen molar-refractivity contribution in [2.45, 2.75) is 13.0 Å². The van der Waals surface area contributed by atoms with Gasteiger partial charge in [0.2, 0.25) is 0 Å². The van der Waals surface area contributed by atoms with E-state index >= 15 is 0 Å². The Bertz CT molecular complexity index is 989. The predicted octanol–water partition coefficient (Wildman–Crippen LogP) is 3.51. The number of ether oxygens (including phenoxy) is 2. The second kappa shape index (κ2) is 9.41. The van der Waals surface area contributed by atoms with Crippen LogP contribution in [0.2, 0.25) is 5.02 Å². The molecule has 0 fully saturated rings. The molecule has 1 unspecified atom stereocenters. The molecule has 30 heavy (non-hydrogen) atoms. The first kappa shape index (κ1) is 21.3. The van der Waals surface area contributed by atoms with Crippen LogP contribution in [0.3, 0.4) is 0 Å². The summed E-state index contributed by atoms with van der Waals surface area (Å²) in [6.07, 6.45) is 0. The van der Waals surface area contributed by atoms with Gasteiger partial charge >= 0.3 is 18.0 Å². The van der Waals surface area contributed by atoms with Crippen molar-refractivity contribution in [1.29, 1.82) is 0 Å². The number of amides is 2. The van der Waals surface area contributed by atoms with Gasteiger partial charge in [-0.25, -0.2) is 18.8 Å². The Morgan fingerprint density at radius 2 is 1.70 bits per heavy atom. The maximum Gasteiger partial charge on any atom is 0.338 e. The van der Waals surface area contributed by atoms with Gasteiger partial charge in [0, 0.05) is 5.02 Å². The first-order valence-electron chi connectivity index (χ1n) is 9.05. The number of nitrogens with one attached hydrogen (secondary N) is 2. The maximum absolute atomic E-state index is 13.0. The summed E-state index contributed by atoms with van der Waals surface area (Å²) >= 11 is 5.92. The summed E-state index contributed by atoms with van der Waals surface area (Å²) in [5, 5.41) is 5.66. The quantitative estimate of drug-likeness (QED) is 0.681. The molecular formula is C21H18ClFN2O5. The standard InChI is InChI=1S/C21H18ClFN2O5/c1-2-29-20(27)17-16(11-30-19(26)13-5-9-15(23)10-6-13)24-21(28)25-18(17)12-3-7-14(22)8-4-12/h3-10,18H,2,11H2,1H3,(H2,24,25,28). The summed E-state index contributed by atoms with van der Waals surface area (Å²) in [7, 11) is 0. The molecule has 0 radical (unpaired) electrons. The normalized spacial score (nSPS) is 15.8. The van der Waals surface area contributed by atoms with E-state index in [1.165, 1.54) is 12.1 Å². The molecule has 3 rings (SSSR count). The largest absolute Gasteiger partial charge is 0.463 e. The van der Waals surface area contributed by atoms with E-state index in [0.717, 1.165) is 12.1 Å². The molecule has 0 saturated heterocycles. The van der Waals surface area contributed by atoms with Crippen LogP contribution in [-0.2, 0) is 14.3 Å². The molecule has 2 aromatic rings. The van der Waals surface area contributed by atoms with E-state index in [4.69, 9.17) is 21.1 Å². The second-order valence-electron chi connectivity index (χ2n) is 6.28. The Balaban J connectivity index is 1.91. The highest BCUT2D eigenvalue weighted by Crippen LogP contribution is 2.29. The van der Waals surface area contributed by atoms with Crippen molar-refractivity contribution in [3.05, 3.63) is 81.8 Å². The summed E-state index contributed by atoms with van der Waals surface area (Å²) in [6, 6.07) is 9.99. The van der Waals surface area contributed by atoms with Crippen LogP contribution < -0.4 is 10.6 Å². The van der Waals surface area contributed by atoms with Crippen LogP contribution in [0.25, 0.3) is 0 Å². The first-order valence-corrected chi connectivity index (χ1v) is 9.42. The summed E-state index contributed by atoms with van der Waals surface area (Å²) in [6.45, 7) is 1.38. The van der Waals surface area contributed by atoms with Crippen LogP contribution in [0.5, 0.6) is 0 Å². The molecular weight excluding hydrogens is 415 g/mol. The van der Waals surface area contributed by atoms with Crippen LogP contribution in [0, 0.1) is 5.82 Å². The Labute approximate surface area is 176 Å². The minimum atomic E-state index is -0.824. The van der Waals surface area contributed by atoms with Gasteiger partial charge < -0.3 is 20.1 Å². The summed E-state index contributed by atoms with van der Waals surface area (Å²) < 4.78 is 23.4. The number of hydrogen-bond donors (Lipinski definition) is 2.